The van der Waals surface area contributed by atoms with E-state index in [1.54, 1.807) is 18.7 Å². The lowest BCUT2D eigenvalue weighted by molar-refractivity contribution is -0.163. The number of Topliss-reactive ketones (excluding diaryl/α,β-unsaturated/α-hetero) is 1. The monoisotopic (exact) mass is 409 g/mol. The summed E-state index contributed by atoms with van der Waals surface area (Å²) in [7, 11) is 0. The van der Waals surface area contributed by atoms with Crippen molar-refractivity contribution < 1.29 is 24.6 Å². The number of amides is 1. The predicted molar refractivity (Wildman–Crippen MR) is 103 cm³/mol. The number of hydrogen-bond donors (Lipinski definition) is 3. The first-order valence-corrected chi connectivity index (χ1v) is 10.8. The lowest BCUT2D eigenvalue weighted by Crippen LogP contribution is -2.63. The van der Waals surface area contributed by atoms with Gasteiger partial charge in [0.15, 0.2) is 0 Å². The number of fused-ring (bicyclic) bond motifs is 1. The molecule has 3 fully saturated rings. The number of nitrogens with one attached hydrogen (secondary N) is 1. The molecule has 4 aliphatic heterocycles. The average Bonchev–Trinajstić information content (AvgIpc) is 3.28. The SMILES string of the molecule is C[C@@H](O)C1C(=O)N2C(C(=O)O)=C(S[C@@H]3CNC(CN4CCC(=O)C4)C3)[C@H](C)C12. The molecule has 9 heteroatoms. The van der Waals surface area contributed by atoms with Crippen LogP contribution in [0.1, 0.15) is 26.7 Å². The van der Waals surface area contributed by atoms with E-state index in [0.29, 0.717) is 18.7 Å². The second-order valence-corrected chi connectivity index (χ2v) is 9.72. The second-order valence-electron chi connectivity index (χ2n) is 8.38. The van der Waals surface area contributed by atoms with Gasteiger partial charge in [-0.3, -0.25) is 14.5 Å². The summed E-state index contributed by atoms with van der Waals surface area (Å²) in [5.41, 5.74) is 0.0954. The molecule has 6 atom stereocenters. The van der Waals surface area contributed by atoms with Crippen LogP contribution in [0.25, 0.3) is 0 Å². The van der Waals surface area contributed by atoms with Crippen LogP contribution in [0.15, 0.2) is 10.6 Å². The van der Waals surface area contributed by atoms with Crippen molar-refractivity contribution in [3.05, 3.63) is 10.6 Å². The van der Waals surface area contributed by atoms with Gasteiger partial charge in [-0.1, -0.05) is 6.92 Å². The van der Waals surface area contributed by atoms with Gasteiger partial charge in [0.1, 0.15) is 11.5 Å². The Labute approximate surface area is 168 Å². The first kappa shape index (κ1) is 19.9. The molecule has 0 aromatic heterocycles. The van der Waals surface area contributed by atoms with Crippen molar-refractivity contribution in [3.63, 3.8) is 0 Å². The van der Waals surface area contributed by atoms with Crippen molar-refractivity contribution in [3.8, 4) is 0 Å². The molecule has 4 rings (SSSR count). The number of carbonyl (C=O) groups is 3. The molecule has 0 bridgehead atoms. The van der Waals surface area contributed by atoms with Crippen molar-refractivity contribution in [2.24, 2.45) is 11.8 Å². The van der Waals surface area contributed by atoms with Crippen molar-refractivity contribution >= 4 is 29.4 Å². The normalized spacial score (nSPS) is 36.8. The Hall–Kier alpha value is -1.42. The van der Waals surface area contributed by atoms with Crippen molar-refractivity contribution in [2.45, 2.75) is 50.1 Å². The Kier molecular flexibility index (Phi) is 5.28. The number of likely N-dealkylation sites (tertiary alicyclic amines) is 1. The Morgan fingerprint density at radius 3 is 2.75 bits per heavy atom. The fourth-order valence-corrected chi connectivity index (χ4v) is 6.55. The van der Waals surface area contributed by atoms with Gasteiger partial charge in [0, 0.05) is 48.2 Å². The van der Waals surface area contributed by atoms with E-state index in [0.717, 1.165) is 31.0 Å². The van der Waals surface area contributed by atoms with Crippen LogP contribution in [0.3, 0.4) is 0 Å². The van der Waals surface area contributed by atoms with E-state index in [1.165, 1.54) is 4.90 Å². The summed E-state index contributed by atoms with van der Waals surface area (Å²) in [5, 5.41) is 23.4. The highest BCUT2D eigenvalue weighted by Gasteiger charge is 2.60. The summed E-state index contributed by atoms with van der Waals surface area (Å²) in [5.74, 6) is -1.69. The van der Waals surface area contributed by atoms with Crippen LogP contribution in [0.5, 0.6) is 0 Å². The minimum atomic E-state index is -1.08. The number of aliphatic hydroxyl groups excluding tert-OH is 1. The van der Waals surface area contributed by atoms with Crippen LogP contribution in [0, 0.1) is 11.8 Å². The average molecular weight is 410 g/mol. The molecule has 0 aliphatic carbocycles. The zero-order valence-electron chi connectivity index (χ0n) is 16.1. The number of β-lactam (4-membered cyclic amide) rings is 1. The number of nitrogens with zero attached hydrogens (tertiary/aromatic N) is 2. The Morgan fingerprint density at radius 2 is 2.14 bits per heavy atom. The molecular formula is C19H27N3O5S. The first-order valence-electron chi connectivity index (χ1n) is 9.90. The number of aliphatic hydroxyl groups is 1. The molecule has 0 aromatic rings. The van der Waals surface area contributed by atoms with Gasteiger partial charge in [-0.2, -0.15) is 0 Å². The van der Waals surface area contributed by atoms with E-state index >= 15 is 0 Å². The summed E-state index contributed by atoms with van der Waals surface area (Å²) < 4.78 is 0. The third-order valence-electron chi connectivity index (χ3n) is 6.37. The molecule has 4 aliphatic rings. The first-order chi connectivity index (χ1) is 13.3. The zero-order valence-corrected chi connectivity index (χ0v) is 16.9. The highest BCUT2D eigenvalue weighted by Crippen LogP contribution is 2.51. The summed E-state index contributed by atoms with van der Waals surface area (Å²) in [6.07, 6.45) is 0.750. The van der Waals surface area contributed by atoms with Gasteiger partial charge in [0.25, 0.3) is 0 Å². The van der Waals surface area contributed by atoms with Gasteiger partial charge in [-0.25, -0.2) is 4.79 Å². The van der Waals surface area contributed by atoms with Crippen LogP contribution >= 0.6 is 11.8 Å². The van der Waals surface area contributed by atoms with Gasteiger partial charge in [0.05, 0.1) is 24.6 Å². The number of carboxylic acids is 1. The molecule has 154 valence electrons. The quantitative estimate of drug-likeness (QED) is 0.521. The summed E-state index contributed by atoms with van der Waals surface area (Å²) in [6, 6.07) is 0.0275. The molecule has 4 heterocycles. The largest absolute Gasteiger partial charge is 0.477 e. The predicted octanol–water partition coefficient (Wildman–Crippen LogP) is -0.121. The molecule has 0 aromatic carbocycles. The Balaban J connectivity index is 1.43. The third kappa shape index (κ3) is 3.28. The summed E-state index contributed by atoms with van der Waals surface area (Å²) in [4.78, 5) is 40.0. The molecule has 8 nitrogen and oxygen atoms in total. The third-order valence-corrected chi connectivity index (χ3v) is 7.88. The van der Waals surface area contributed by atoms with Gasteiger partial charge in [-0.15, -0.1) is 11.8 Å². The van der Waals surface area contributed by atoms with E-state index in [-0.39, 0.29) is 34.9 Å². The number of ketones is 1. The van der Waals surface area contributed by atoms with Gasteiger partial charge >= 0.3 is 5.97 Å². The molecule has 0 radical (unpaired) electrons. The summed E-state index contributed by atoms with van der Waals surface area (Å²) >= 11 is 1.56. The molecule has 0 saturated carbocycles. The van der Waals surface area contributed by atoms with Gasteiger partial charge < -0.3 is 20.4 Å². The number of aliphatic carboxylic acids is 1. The summed E-state index contributed by atoms with van der Waals surface area (Å²) in [6.45, 7) is 6.50. The number of carbonyl (C=O) groups excluding carboxylic acids is 2. The van der Waals surface area contributed by atoms with Crippen molar-refractivity contribution in [1.82, 2.24) is 15.1 Å². The number of hydrogen-bond acceptors (Lipinski definition) is 7. The highest BCUT2D eigenvalue weighted by molar-refractivity contribution is 8.03. The minimum Gasteiger partial charge on any atom is -0.477 e. The van der Waals surface area contributed by atoms with E-state index in [1.807, 2.05) is 6.92 Å². The number of rotatable bonds is 6. The van der Waals surface area contributed by atoms with E-state index < -0.39 is 18.0 Å². The Bertz CT molecular complexity index is 739. The number of thioether (sulfide) groups is 1. The maximum absolute atomic E-state index is 12.4. The molecule has 3 unspecified atom stereocenters. The maximum Gasteiger partial charge on any atom is 0.353 e. The van der Waals surface area contributed by atoms with Crippen LogP contribution in [0.2, 0.25) is 0 Å². The lowest BCUT2D eigenvalue weighted by Gasteiger charge is -2.46. The van der Waals surface area contributed by atoms with Crippen LogP contribution in [-0.4, -0.2) is 87.3 Å². The van der Waals surface area contributed by atoms with Crippen molar-refractivity contribution in [1.29, 1.82) is 0 Å². The number of carboxylic acid groups (broad SMARTS) is 1. The van der Waals surface area contributed by atoms with Crippen LogP contribution in [0.4, 0.5) is 0 Å². The zero-order chi connectivity index (χ0) is 20.2. The molecule has 28 heavy (non-hydrogen) atoms. The molecule has 1 amide bonds. The second kappa shape index (κ2) is 7.44. The van der Waals surface area contributed by atoms with Gasteiger partial charge in [0.2, 0.25) is 5.91 Å². The fraction of sp³-hybridized carbons (Fsp3) is 0.737. The van der Waals surface area contributed by atoms with E-state index in [9.17, 15) is 24.6 Å². The van der Waals surface area contributed by atoms with Crippen LogP contribution < -0.4 is 5.32 Å². The molecule has 0 spiro atoms. The molecular weight excluding hydrogens is 382 g/mol. The van der Waals surface area contributed by atoms with Gasteiger partial charge in [-0.05, 0) is 13.3 Å². The minimum absolute atomic E-state index is 0.0938. The highest BCUT2D eigenvalue weighted by atomic mass is 32.2. The fourth-order valence-electron chi connectivity index (χ4n) is 5.03. The van der Waals surface area contributed by atoms with E-state index in [2.05, 4.69) is 10.2 Å². The smallest absolute Gasteiger partial charge is 0.353 e. The van der Waals surface area contributed by atoms with E-state index in [4.69, 9.17) is 0 Å². The van der Waals surface area contributed by atoms with Crippen LogP contribution in [-0.2, 0) is 14.4 Å². The van der Waals surface area contributed by atoms with Crippen molar-refractivity contribution in [2.75, 3.05) is 26.2 Å². The Morgan fingerprint density at radius 1 is 1.39 bits per heavy atom. The maximum atomic E-state index is 12.4. The molecule has 3 saturated heterocycles. The topological polar surface area (TPSA) is 110 Å². The molecule has 3 N–H and O–H groups in total. The standard InChI is InChI=1S/C19H27N3O5S/c1-9-15-14(10(2)23)18(25)22(15)16(19(26)27)17(9)28-13-5-11(20-6-13)7-21-4-3-12(24)8-21/h9-11,13-15,20,23H,3-8H2,1-2H3,(H,26,27)/t9-,10-,11?,13+,14?,15?/m1/s1. The lowest BCUT2D eigenvalue weighted by atomic mass is 9.79.